The lowest BCUT2D eigenvalue weighted by Crippen LogP contribution is -2.46. The largest absolute Gasteiger partial charge is 0.444 e. The van der Waals surface area contributed by atoms with E-state index in [0.29, 0.717) is 11.6 Å². The van der Waals surface area contributed by atoms with Crippen molar-refractivity contribution in [3.8, 4) is 0 Å². The maximum absolute atomic E-state index is 12.4. The molecule has 6 heteroatoms. The summed E-state index contributed by atoms with van der Waals surface area (Å²) in [6.45, 7) is 7.41. The number of nitrogens with one attached hydrogen (secondary N) is 1. The van der Waals surface area contributed by atoms with Crippen molar-refractivity contribution in [2.75, 3.05) is 16.9 Å². The third-order valence-corrected chi connectivity index (χ3v) is 4.11. The Bertz CT molecular complexity index is 569. The molecule has 2 amide bonds. The van der Waals surface area contributed by atoms with E-state index in [1.807, 2.05) is 52.0 Å². The molecular weight excluding hydrogens is 300 g/mol. The molecule has 120 valence electrons. The molecule has 1 aromatic carbocycles. The van der Waals surface area contributed by atoms with Gasteiger partial charge in [-0.3, -0.25) is 9.69 Å². The average molecular weight is 322 g/mol. The predicted molar refractivity (Wildman–Crippen MR) is 89.0 cm³/mol. The Morgan fingerprint density at radius 2 is 2.09 bits per heavy atom. The quantitative estimate of drug-likeness (QED) is 0.908. The van der Waals surface area contributed by atoms with E-state index in [0.717, 1.165) is 11.3 Å². The van der Waals surface area contributed by atoms with E-state index < -0.39 is 17.7 Å². The van der Waals surface area contributed by atoms with Crippen LogP contribution in [-0.2, 0) is 9.53 Å². The van der Waals surface area contributed by atoms with E-state index >= 15 is 0 Å². The number of anilines is 1. The van der Waals surface area contributed by atoms with Crippen LogP contribution in [0.5, 0.6) is 0 Å². The zero-order valence-corrected chi connectivity index (χ0v) is 14.2. The van der Waals surface area contributed by atoms with Crippen LogP contribution in [0.1, 0.15) is 26.3 Å². The van der Waals surface area contributed by atoms with Gasteiger partial charge in [0.25, 0.3) is 0 Å². The zero-order chi connectivity index (χ0) is 16.3. The smallest absolute Gasteiger partial charge is 0.411 e. The lowest BCUT2D eigenvalue weighted by molar-refractivity contribution is -0.120. The molecule has 0 bridgehead atoms. The molecular formula is C16H22N2O3S. The predicted octanol–water partition coefficient (Wildman–Crippen LogP) is 3.24. The standard InChI is InChI=1S/C16H22N2O3S/c1-11-6-5-7-12(8-11)17-14(19)13-9-22-10-18(13)15(20)21-16(2,3)4/h5-8,13H,9-10H2,1-4H3,(H,17,19). The number of hydrogen-bond acceptors (Lipinski definition) is 4. The van der Waals surface area contributed by atoms with Crippen molar-refractivity contribution in [3.05, 3.63) is 29.8 Å². The van der Waals surface area contributed by atoms with Crippen LogP contribution >= 0.6 is 11.8 Å². The third-order valence-electron chi connectivity index (χ3n) is 3.10. The minimum atomic E-state index is -0.568. The van der Waals surface area contributed by atoms with Gasteiger partial charge in [-0.25, -0.2) is 4.79 Å². The van der Waals surface area contributed by atoms with E-state index in [2.05, 4.69) is 5.32 Å². The molecule has 5 nitrogen and oxygen atoms in total. The molecule has 1 aromatic rings. The number of aryl methyl sites for hydroxylation is 1. The minimum Gasteiger partial charge on any atom is -0.444 e. The monoisotopic (exact) mass is 322 g/mol. The molecule has 22 heavy (non-hydrogen) atoms. The normalized spacial score (nSPS) is 18.2. The third kappa shape index (κ3) is 4.40. The lowest BCUT2D eigenvalue weighted by atomic mass is 10.2. The number of ether oxygens (including phenoxy) is 1. The highest BCUT2D eigenvalue weighted by molar-refractivity contribution is 7.99. The molecule has 2 rings (SSSR count). The highest BCUT2D eigenvalue weighted by atomic mass is 32.2. The lowest BCUT2D eigenvalue weighted by Gasteiger charge is -2.27. The highest BCUT2D eigenvalue weighted by Gasteiger charge is 2.37. The van der Waals surface area contributed by atoms with Crippen LogP contribution in [0, 0.1) is 6.92 Å². The minimum absolute atomic E-state index is 0.179. The first-order valence-corrected chi connectivity index (χ1v) is 8.36. The van der Waals surface area contributed by atoms with E-state index in [1.165, 1.54) is 4.90 Å². The van der Waals surface area contributed by atoms with Crippen LogP contribution in [0.15, 0.2) is 24.3 Å². The molecule has 1 fully saturated rings. The van der Waals surface area contributed by atoms with Crippen molar-refractivity contribution in [1.82, 2.24) is 4.90 Å². The molecule has 1 aliphatic heterocycles. The number of amides is 2. The Hall–Kier alpha value is -1.69. The van der Waals surface area contributed by atoms with Gasteiger partial charge in [-0.1, -0.05) is 12.1 Å². The van der Waals surface area contributed by atoms with E-state index in [9.17, 15) is 9.59 Å². The number of carbonyl (C=O) groups excluding carboxylic acids is 2. The van der Waals surface area contributed by atoms with Crippen LogP contribution in [0.3, 0.4) is 0 Å². The number of hydrogen-bond donors (Lipinski definition) is 1. The Balaban J connectivity index is 2.03. The fraction of sp³-hybridized carbons (Fsp3) is 0.500. The second-order valence-corrected chi connectivity index (χ2v) is 7.32. The van der Waals surface area contributed by atoms with Gasteiger partial charge < -0.3 is 10.1 Å². The molecule has 0 radical (unpaired) electrons. The van der Waals surface area contributed by atoms with Gasteiger partial charge in [0.05, 0.1) is 5.88 Å². The zero-order valence-electron chi connectivity index (χ0n) is 13.4. The van der Waals surface area contributed by atoms with Crippen molar-refractivity contribution in [2.45, 2.75) is 39.3 Å². The number of carbonyl (C=O) groups is 2. The fourth-order valence-electron chi connectivity index (χ4n) is 2.11. The average Bonchev–Trinajstić information content (AvgIpc) is 2.85. The second-order valence-electron chi connectivity index (χ2n) is 6.32. The van der Waals surface area contributed by atoms with Crippen LogP contribution in [0.2, 0.25) is 0 Å². The van der Waals surface area contributed by atoms with Crippen molar-refractivity contribution in [1.29, 1.82) is 0 Å². The molecule has 0 spiro atoms. The summed E-state index contributed by atoms with van der Waals surface area (Å²) in [7, 11) is 0. The summed E-state index contributed by atoms with van der Waals surface area (Å²) in [5, 5.41) is 2.87. The van der Waals surface area contributed by atoms with Crippen LogP contribution < -0.4 is 5.32 Å². The van der Waals surface area contributed by atoms with Gasteiger partial charge in [-0.2, -0.15) is 0 Å². The maximum Gasteiger partial charge on any atom is 0.411 e. The number of rotatable bonds is 2. The van der Waals surface area contributed by atoms with Crippen LogP contribution in [0.25, 0.3) is 0 Å². The Morgan fingerprint density at radius 3 is 2.73 bits per heavy atom. The van der Waals surface area contributed by atoms with Gasteiger partial charge in [0.1, 0.15) is 11.6 Å². The van der Waals surface area contributed by atoms with E-state index in [4.69, 9.17) is 4.74 Å². The number of nitrogens with zero attached hydrogens (tertiary/aromatic N) is 1. The van der Waals surface area contributed by atoms with Gasteiger partial charge >= 0.3 is 6.09 Å². The second kappa shape index (κ2) is 6.60. The molecule has 1 unspecified atom stereocenters. The number of thioether (sulfide) groups is 1. The van der Waals surface area contributed by atoms with Gasteiger partial charge in [0.15, 0.2) is 0 Å². The first-order chi connectivity index (χ1) is 10.3. The summed E-state index contributed by atoms with van der Waals surface area (Å²) in [5.41, 5.74) is 1.25. The van der Waals surface area contributed by atoms with Gasteiger partial charge in [0.2, 0.25) is 5.91 Å². The summed E-state index contributed by atoms with van der Waals surface area (Å²) in [5.74, 6) is 0.874. The Morgan fingerprint density at radius 1 is 1.36 bits per heavy atom. The SMILES string of the molecule is Cc1cccc(NC(=O)C2CSCN2C(=O)OC(C)(C)C)c1. The maximum atomic E-state index is 12.4. The topological polar surface area (TPSA) is 58.6 Å². The summed E-state index contributed by atoms with van der Waals surface area (Å²) < 4.78 is 5.37. The highest BCUT2D eigenvalue weighted by Crippen LogP contribution is 2.24. The first-order valence-electron chi connectivity index (χ1n) is 7.21. The molecule has 1 heterocycles. The van der Waals surface area contributed by atoms with E-state index in [-0.39, 0.29) is 5.91 Å². The summed E-state index contributed by atoms with van der Waals surface area (Å²) in [6.07, 6.45) is -0.443. The molecule has 1 N–H and O–H groups in total. The van der Waals surface area contributed by atoms with Gasteiger partial charge in [-0.05, 0) is 45.4 Å². The van der Waals surface area contributed by atoms with Crippen molar-refractivity contribution < 1.29 is 14.3 Å². The van der Waals surface area contributed by atoms with Gasteiger partial charge in [-0.15, -0.1) is 11.8 Å². The van der Waals surface area contributed by atoms with Crippen molar-refractivity contribution in [2.24, 2.45) is 0 Å². The Labute approximate surface area is 135 Å². The van der Waals surface area contributed by atoms with Crippen LogP contribution in [-0.4, -0.2) is 40.2 Å². The summed E-state index contributed by atoms with van der Waals surface area (Å²) in [4.78, 5) is 26.1. The Kier molecular flexibility index (Phi) is 5.01. The molecule has 1 atom stereocenters. The first kappa shape index (κ1) is 16.7. The molecule has 0 aliphatic carbocycles. The molecule has 0 saturated carbocycles. The molecule has 0 aromatic heterocycles. The van der Waals surface area contributed by atoms with E-state index in [1.54, 1.807) is 11.8 Å². The van der Waals surface area contributed by atoms with Crippen LogP contribution in [0.4, 0.5) is 10.5 Å². The van der Waals surface area contributed by atoms with Crippen molar-refractivity contribution >= 4 is 29.4 Å². The molecule has 1 saturated heterocycles. The summed E-state index contributed by atoms with van der Waals surface area (Å²) in [6, 6.07) is 7.09. The van der Waals surface area contributed by atoms with Crippen molar-refractivity contribution in [3.63, 3.8) is 0 Å². The summed E-state index contributed by atoms with van der Waals surface area (Å²) >= 11 is 1.55. The fourth-order valence-corrected chi connectivity index (χ4v) is 3.25. The molecule has 1 aliphatic rings. The van der Waals surface area contributed by atoms with Gasteiger partial charge in [0, 0.05) is 11.4 Å². The number of benzene rings is 1.